The van der Waals surface area contributed by atoms with Crippen molar-refractivity contribution in [2.45, 2.75) is 6.92 Å². The molecular formula is C21H13ClN2O2S. The molecule has 0 aliphatic rings. The van der Waals surface area contributed by atoms with Gasteiger partial charge in [0.1, 0.15) is 16.1 Å². The molecule has 0 aliphatic carbocycles. The van der Waals surface area contributed by atoms with Crippen molar-refractivity contribution >= 4 is 45.0 Å². The zero-order valence-corrected chi connectivity index (χ0v) is 15.8. The minimum atomic E-state index is -0.0828. The van der Waals surface area contributed by atoms with E-state index in [0.717, 1.165) is 27.9 Å². The van der Waals surface area contributed by atoms with Gasteiger partial charge in [-0.05, 0) is 48.9 Å². The van der Waals surface area contributed by atoms with E-state index in [1.807, 2.05) is 61.5 Å². The summed E-state index contributed by atoms with van der Waals surface area (Å²) in [4.78, 5) is 18.0. The van der Waals surface area contributed by atoms with Crippen molar-refractivity contribution in [3.63, 3.8) is 0 Å². The van der Waals surface area contributed by atoms with Crippen molar-refractivity contribution in [3.05, 3.63) is 85.8 Å². The third kappa shape index (κ3) is 2.67. The highest BCUT2D eigenvalue weighted by molar-refractivity contribution is 7.15. The first kappa shape index (κ1) is 16.3. The third-order valence-electron chi connectivity index (χ3n) is 4.51. The number of aromatic nitrogens is 2. The molecule has 0 unspecified atom stereocenters. The average molecular weight is 393 g/mol. The lowest BCUT2D eigenvalue weighted by atomic mass is 10.1. The summed E-state index contributed by atoms with van der Waals surface area (Å²) in [6.45, 7) is 2.01. The number of thiazole rings is 1. The molecule has 6 heteroatoms. The Morgan fingerprint density at radius 1 is 1.15 bits per heavy atom. The molecule has 5 rings (SSSR count). The minimum absolute atomic E-state index is 0.0828. The summed E-state index contributed by atoms with van der Waals surface area (Å²) in [5, 5.41) is 0.658. The first-order valence-electron chi connectivity index (χ1n) is 8.38. The Balaban J connectivity index is 1.63. The Bertz CT molecular complexity index is 1430. The normalized spacial score (nSPS) is 12.4. The SMILES string of the molecule is Cc1ccc(Cl)cc1-c1ccc(/C=c2/sc3nc4ccccc4n3c2=O)o1. The highest BCUT2D eigenvalue weighted by Gasteiger charge is 2.12. The van der Waals surface area contributed by atoms with Crippen LogP contribution < -0.4 is 10.1 Å². The van der Waals surface area contributed by atoms with Crippen LogP contribution in [-0.2, 0) is 0 Å². The van der Waals surface area contributed by atoms with Crippen molar-refractivity contribution < 1.29 is 4.42 Å². The van der Waals surface area contributed by atoms with E-state index in [2.05, 4.69) is 4.98 Å². The van der Waals surface area contributed by atoms with Crippen LogP contribution in [0.5, 0.6) is 0 Å². The van der Waals surface area contributed by atoms with Gasteiger partial charge in [-0.3, -0.25) is 4.79 Å². The maximum Gasteiger partial charge on any atom is 0.275 e. The van der Waals surface area contributed by atoms with Gasteiger partial charge in [-0.2, -0.15) is 0 Å². The zero-order valence-electron chi connectivity index (χ0n) is 14.3. The highest BCUT2D eigenvalue weighted by atomic mass is 35.5. The number of hydrogen-bond acceptors (Lipinski definition) is 4. The smallest absolute Gasteiger partial charge is 0.275 e. The lowest BCUT2D eigenvalue weighted by Gasteiger charge is -2.02. The highest BCUT2D eigenvalue weighted by Crippen LogP contribution is 2.28. The summed E-state index contributed by atoms with van der Waals surface area (Å²) in [7, 11) is 0. The summed E-state index contributed by atoms with van der Waals surface area (Å²) < 4.78 is 8.19. The van der Waals surface area contributed by atoms with Crippen LogP contribution in [0.15, 0.2) is 63.8 Å². The summed E-state index contributed by atoms with van der Waals surface area (Å²) in [5.41, 5.74) is 3.58. The summed E-state index contributed by atoms with van der Waals surface area (Å²) in [6, 6.07) is 17.1. The summed E-state index contributed by atoms with van der Waals surface area (Å²) in [5.74, 6) is 1.34. The van der Waals surface area contributed by atoms with Crippen LogP contribution in [0.1, 0.15) is 11.3 Å². The van der Waals surface area contributed by atoms with Crippen LogP contribution in [0.4, 0.5) is 0 Å². The molecule has 3 heterocycles. The number of hydrogen-bond donors (Lipinski definition) is 0. The van der Waals surface area contributed by atoms with Crippen molar-refractivity contribution in [2.75, 3.05) is 0 Å². The maximum atomic E-state index is 12.8. The molecule has 0 atom stereocenters. The number of aryl methyl sites for hydroxylation is 1. The molecule has 5 aromatic rings. The third-order valence-corrected chi connectivity index (χ3v) is 5.71. The van der Waals surface area contributed by atoms with Crippen LogP contribution in [-0.4, -0.2) is 9.38 Å². The molecule has 0 aliphatic heterocycles. The molecule has 0 radical (unpaired) electrons. The standard InChI is InChI=1S/C21H13ClN2O2S/c1-12-6-7-13(22)10-15(12)18-9-8-14(26-18)11-19-20(25)24-17-5-3-2-4-16(17)23-21(24)27-19/h2-11H,1H3/b19-11+. The second-order valence-corrected chi connectivity index (χ2v) is 7.74. The van der Waals surface area contributed by atoms with Crippen molar-refractivity contribution in [3.8, 4) is 11.3 Å². The number of furan rings is 1. The largest absolute Gasteiger partial charge is 0.457 e. The van der Waals surface area contributed by atoms with Gasteiger partial charge in [0.2, 0.25) is 0 Å². The predicted octanol–water partition coefficient (Wildman–Crippen LogP) is 4.68. The van der Waals surface area contributed by atoms with Gasteiger partial charge < -0.3 is 4.42 Å². The number of nitrogens with zero attached hydrogens (tertiary/aromatic N) is 2. The Morgan fingerprint density at radius 3 is 2.89 bits per heavy atom. The average Bonchev–Trinajstić information content (AvgIpc) is 3.33. The van der Waals surface area contributed by atoms with E-state index in [9.17, 15) is 4.79 Å². The van der Waals surface area contributed by atoms with E-state index in [0.29, 0.717) is 20.3 Å². The van der Waals surface area contributed by atoms with Crippen LogP contribution in [0.2, 0.25) is 5.02 Å². The van der Waals surface area contributed by atoms with E-state index in [1.165, 1.54) is 11.3 Å². The maximum absolute atomic E-state index is 12.8. The molecule has 0 saturated heterocycles. The molecule has 3 aromatic heterocycles. The van der Waals surface area contributed by atoms with Crippen LogP contribution in [0.3, 0.4) is 0 Å². The fourth-order valence-corrected chi connectivity index (χ4v) is 4.32. The molecule has 4 nitrogen and oxygen atoms in total. The van der Waals surface area contributed by atoms with Gasteiger partial charge in [0.25, 0.3) is 5.56 Å². The van der Waals surface area contributed by atoms with Gasteiger partial charge in [0.05, 0.1) is 11.0 Å². The molecule has 2 aromatic carbocycles. The lowest BCUT2D eigenvalue weighted by molar-refractivity contribution is 0.571. The molecule has 0 saturated carbocycles. The van der Waals surface area contributed by atoms with E-state index in [4.69, 9.17) is 16.0 Å². The van der Waals surface area contributed by atoms with Crippen molar-refractivity contribution in [2.24, 2.45) is 0 Å². The molecule has 132 valence electrons. The topological polar surface area (TPSA) is 47.5 Å². The molecule has 27 heavy (non-hydrogen) atoms. The molecular weight excluding hydrogens is 380 g/mol. The number of fused-ring (bicyclic) bond motifs is 3. The molecule has 0 spiro atoms. The Labute approximate surface area is 163 Å². The van der Waals surface area contributed by atoms with Crippen LogP contribution >= 0.6 is 22.9 Å². The van der Waals surface area contributed by atoms with Gasteiger partial charge in [0, 0.05) is 16.7 Å². The second-order valence-electron chi connectivity index (χ2n) is 6.30. The van der Waals surface area contributed by atoms with Crippen molar-refractivity contribution in [1.82, 2.24) is 9.38 Å². The number of imidazole rings is 1. The number of para-hydroxylation sites is 2. The van der Waals surface area contributed by atoms with Crippen molar-refractivity contribution in [1.29, 1.82) is 0 Å². The molecule has 0 N–H and O–H groups in total. The van der Waals surface area contributed by atoms with Crippen LogP contribution in [0, 0.1) is 6.92 Å². The fourth-order valence-electron chi connectivity index (χ4n) is 3.18. The van der Waals surface area contributed by atoms with Gasteiger partial charge in [-0.25, -0.2) is 9.38 Å². The molecule has 0 fully saturated rings. The van der Waals surface area contributed by atoms with E-state index >= 15 is 0 Å². The fraction of sp³-hybridized carbons (Fsp3) is 0.0476. The van der Waals surface area contributed by atoms with Gasteiger partial charge in [0.15, 0.2) is 4.96 Å². The number of halogens is 1. The quantitative estimate of drug-likeness (QED) is 0.438. The van der Waals surface area contributed by atoms with Gasteiger partial charge in [-0.1, -0.05) is 41.1 Å². The summed E-state index contributed by atoms with van der Waals surface area (Å²) >= 11 is 7.46. The van der Waals surface area contributed by atoms with E-state index < -0.39 is 0 Å². The summed E-state index contributed by atoms with van der Waals surface area (Å²) in [6.07, 6.45) is 1.76. The zero-order chi connectivity index (χ0) is 18.5. The number of benzene rings is 2. The number of rotatable bonds is 2. The van der Waals surface area contributed by atoms with E-state index in [1.54, 1.807) is 10.5 Å². The minimum Gasteiger partial charge on any atom is -0.457 e. The second kappa shape index (κ2) is 6.08. The lowest BCUT2D eigenvalue weighted by Crippen LogP contribution is -2.22. The van der Waals surface area contributed by atoms with Gasteiger partial charge in [-0.15, -0.1) is 0 Å². The predicted molar refractivity (Wildman–Crippen MR) is 110 cm³/mol. The van der Waals surface area contributed by atoms with E-state index in [-0.39, 0.29) is 5.56 Å². The van der Waals surface area contributed by atoms with Crippen LogP contribution in [0.25, 0.3) is 33.4 Å². The first-order chi connectivity index (χ1) is 13.1. The molecule has 0 amide bonds. The Hall–Kier alpha value is -2.89. The Kier molecular flexibility index (Phi) is 3.67. The monoisotopic (exact) mass is 392 g/mol. The molecule has 0 bridgehead atoms. The van der Waals surface area contributed by atoms with Gasteiger partial charge >= 0.3 is 0 Å². The first-order valence-corrected chi connectivity index (χ1v) is 9.58. The Morgan fingerprint density at radius 2 is 2.00 bits per heavy atom.